The van der Waals surface area contributed by atoms with E-state index >= 15 is 0 Å². The quantitative estimate of drug-likeness (QED) is 0.638. The summed E-state index contributed by atoms with van der Waals surface area (Å²) in [6.07, 6.45) is 1.23. The fourth-order valence-electron chi connectivity index (χ4n) is 2.73. The molecule has 4 unspecified atom stereocenters. The van der Waals surface area contributed by atoms with Gasteiger partial charge in [0.25, 0.3) is 0 Å². The first-order chi connectivity index (χ1) is 8.79. The van der Waals surface area contributed by atoms with Crippen LogP contribution in [0.4, 0.5) is 0 Å². The van der Waals surface area contributed by atoms with Gasteiger partial charge in [0.05, 0.1) is 12.8 Å². The number of carbonyl (C=O) groups is 1. The third kappa shape index (κ3) is 2.13. The molecule has 2 heterocycles. The van der Waals surface area contributed by atoms with Gasteiger partial charge < -0.3 is 4.74 Å². The van der Waals surface area contributed by atoms with Crippen LogP contribution in [0.15, 0.2) is 30.3 Å². The summed E-state index contributed by atoms with van der Waals surface area (Å²) in [5, 5.41) is 3.33. The summed E-state index contributed by atoms with van der Waals surface area (Å²) < 4.78 is 5.03. The van der Waals surface area contributed by atoms with Gasteiger partial charge in [0.2, 0.25) is 0 Å². The van der Waals surface area contributed by atoms with Gasteiger partial charge in [-0.25, -0.2) is 0 Å². The molecule has 2 fully saturated rings. The second-order valence-corrected chi connectivity index (χ2v) is 4.88. The van der Waals surface area contributed by atoms with Crippen LogP contribution in [-0.4, -0.2) is 35.7 Å². The zero-order valence-corrected chi connectivity index (χ0v) is 10.5. The van der Waals surface area contributed by atoms with Crippen LogP contribution < -0.4 is 5.32 Å². The number of esters is 1. The van der Waals surface area contributed by atoms with E-state index in [1.807, 2.05) is 13.0 Å². The highest BCUT2D eigenvalue weighted by molar-refractivity contribution is 5.76. The molecule has 4 heteroatoms. The van der Waals surface area contributed by atoms with E-state index in [9.17, 15) is 4.79 Å². The van der Waals surface area contributed by atoms with Crippen molar-refractivity contribution in [2.24, 2.45) is 0 Å². The maximum atomic E-state index is 11.6. The van der Waals surface area contributed by atoms with Gasteiger partial charge in [0, 0.05) is 12.6 Å². The number of carbonyl (C=O) groups excluding carboxylic acids is 1. The largest absolute Gasteiger partial charge is 0.465 e. The highest BCUT2D eigenvalue weighted by atomic mass is 16.5. The molecule has 96 valence electrons. The molecule has 2 saturated heterocycles. The lowest BCUT2D eigenvalue weighted by Crippen LogP contribution is -2.38. The van der Waals surface area contributed by atoms with E-state index in [1.54, 1.807) is 0 Å². The number of benzene rings is 1. The molecule has 0 bridgehead atoms. The van der Waals surface area contributed by atoms with E-state index in [0.717, 1.165) is 13.0 Å². The third-order valence-electron chi connectivity index (χ3n) is 3.69. The molecule has 2 aliphatic heterocycles. The van der Waals surface area contributed by atoms with E-state index < -0.39 is 0 Å². The van der Waals surface area contributed by atoms with Crippen molar-refractivity contribution in [3.05, 3.63) is 35.9 Å². The Kier molecular flexibility index (Phi) is 3.06. The molecule has 0 saturated carbocycles. The molecule has 0 spiro atoms. The smallest absolute Gasteiger partial charge is 0.323 e. The Morgan fingerprint density at radius 3 is 2.83 bits per heavy atom. The summed E-state index contributed by atoms with van der Waals surface area (Å²) in [6, 6.07) is 10.8. The second-order valence-electron chi connectivity index (χ2n) is 4.88. The number of hydrogen-bond donors (Lipinski definition) is 1. The Labute approximate surface area is 107 Å². The van der Waals surface area contributed by atoms with Gasteiger partial charge in [-0.2, -0.15) is 0 Å². The minimum Gasteiger partial charge on any atom is -0.465 e. The first kappa shape index (κ1) is 11.7. The average Bonchev–Trinajstić information content (AvgIpc) is 2.85. The van der Waals surface area contributed by atoms with Gasteiger partial charge in [-0.05, 0) is 18.9 Å². The maximum Gasteiger partial charge on any atom is 0.323 e. The zero-order valence-electron chi connectivity index (χ0n) is 10.5. The lowest BCUT2D eigenvalue weighted by atomic mass is 10.2. The van der Waals surface area contributed by atoms with Crippen LogP contribution in [0.2, 0.25) is 0 Å². The minimum atomic E-state index is -0.107. The van der Waals surface area contributed by atoms with Crippen LogP contribution >= 0.6 is 0 Å². The summed E-state index contributed by atoms with van der Waals surface area (Å²) in [5.41, 5.74) is 1.32. The topological polar surface area (TPSA) is 41.3 Å². The molecule has 4 nitrogen and oxygen atoms in total. The molecule has 0 amide bonds. The lowest BCUT2D eigenvalue weighted by molar-refractivity contribution is -0.145. The number of hydrogen-bond acceptors (Lipinski definition) is 4. The van der Waals surface area contributed by atoms with Crippen molar-refractivity contribution < 1.29 is 9.53 Å². The minimum absolute atomic E-state index is 0.105. The van der Waals surface area contributed by atoms with Gasteiger partial charge in [0.15, 0.2) is 0 Å². The van der Waals surface area contributed by atoms with Gasteiger partial charge >= 0.3 is 5.97 Å². The first-order valence-electron chi connectivity index (χ1n) is 6.52. The predicted octanol–water partition coefficient (Wildman–Crippen LogP) is 1.12. The molecule has 4 atom stereocenters. The average molecular weight is 246 g/mol. The number of ether oxygens (including phenoxy) is 1. The summed E-state index contributed by atoms with van der Waals surface area (Å²) in [4.78, 5) is 14.0. The van der Waals surface area contributed by atoms with E-state index in [2.05, 4.69) is 34.5 Å². The standard InChI is InChI=1S/C14H18N2O2/c1-2-18-14(17)11-8-12-13(15-11)16(12)9-10-6-4-3-5-7-10/h3-7,11-13,15H,2,8-9H2,1H3. The maximum absolute atomic E-state index is 11.6. The van der Waals surface area contributed by atoms with E-state index in [4.69, 9.17) is 4.74 Å². The normalized spacial score (nSPS) is 32.9. The Morgan fingerprint density at radius 2 is 2.22 bits per heavy atom. The fourth-order valence-corrected chi connectivity index (χ4v) is 2.73. The molecule has 1 N–H and O–H groups in total. The Bertz CT molecular complexity index is 423. The molecule has 18 heavy (non-hydrogen) atoms. The molecule has 1 aromatic rings. The van der Waals surface area contributed by atoms with Crippen molar-refractivity contribution in [1.82, 2.24) is 10.2 Å². The number of fused-ring (bicyclic) bond motifs is 1. The molecule has 0 aromatic heterocycles. The second kappa shape index (κ2) is 4.71. The lowest BCUT2D eigenvalue weighted by Gasteiger charge is -2.15. The number of rotatable bonds is 4. The molecular formula is C14H18N2O2. The first-order valence-corrected chi connectivity index (χ1v) is 6.52. The van der Waals surface area contributed by atoms with Crippen molar-refractivity contribution in [3.8, 4) is 0 Å². The van der Waals surface area contributed by atoms with Crippen LogP contribution in [0.1, 0.15) is 18.9 Å². The van der Waals surface area contributed by atoms with Crippen LogP contribution in [0.25, 0.3) is 0 Å². The molecule has 0 aliphatic carbocycles. The van der Waals surface area contributed by atoms with Crippen LogP contribution in [0.3, 0.4) is 0 Å². The van der Waals surface area contributed by atoms with Crippen molar-refractivity contribution in [1.29, 1.82) is 0 Å². The Morgan fingerprint density at radius 1 is 1.44 bits per heavy atom. The molecule has 3 rings (SSSR count). The van der Waals surface area contributed by atoms with Crippen LogP contribution in [0.5, 0.6) is 0 Å². The van der Waals surface area contributed by atoms with Crippen LogP contribution in [-0.2, 0) is 16.1 Å². The van der Waals surface area contributed by atoms with Crippen molar-refractivity contribution in [2.75, 3.05) is 6.61 Å². The Hall–Kier alpha value is -1.39. The molecule has 0 radical (unpaired) electrons. The predicted molar refractivity (Wildman–Crippen MR) is 67.7 cm³/mol. The molecular weight excluding hydrogens is 228 g/mol. The Balaban J connectivity index is 1.51. The third-order valence-corrected chi connectivity index (χ3v) is 3.69. The SMILES string of the molecule is CCOC(=O)C1CC2C(N1)N2Cc1ccccc1. The summed E-state index contributed by atoms with van der Waals surface area (Å²) in [7, 11) is 0. The van der Waals surface area contributed by atoms with E-state index in [-0.39, 0.29) is 12.0 Å². The number of nitrogens with one attached hydrogen (secondary N) is 1. The van der Waals surface area contributed by atoms with Gasteiger partial charge in [-0.3, -0.25) is 15.0 Å². The number of nitrogens with zero attached hydrogens (tertiary/aromatic N) is 1. The highest BCUT2D eigenvalue weighted by Gasteiger charge is 2.55. The fraction of sp³-hybridized carbons (Fsp3) is 0.500. The van der Waals surface area contributed by atoms with E-state index in [0.29, 0.717) is 18.8 Å². The van der Waals surface area contributed by atoms with Crippen molar-refractivity contribution in [2.45, 2.75) is 38.1 Å². The molecule has 1 aromatic carbocycles. The summed E-state index contributed by atoms with van der Waals surface area (Å²) in [5.74, 6) is -0.107. The van der Waals surface area contributed by atoms with Gasteiger partial charge in [0.1, 0.15) is 6.04 Å². The zero-order chi connectivity index (χ0) is 12.5. The molecule has 2 aliphatic rings. The van der Waals surface area contributed by atoms with Crippen molar-refractivity contribution >= 4 is 5.97 Å². The van der Waals surface area contributed by atoms with Crippen LogP contribution in [0, 0.1) is 0 Å². The summed E-state index contributed by atoms with van der Waals surface area (Å²) >= 11 is 0. The van der Waals surface area contributed by atoms with E-state index in [1.165, 1.54) is 5.56 Å². The van der Waals surface area contributed by atoms with Gasteiger partial charge in [-0.15, -0.1) is 0 Å². The highest BCUT2D eigenvalue weighted by Crippen LogP contribution is 2.37. The van der Waals surface area contributed by atoms with Crippen molar-refractivity contribution in [3.63, 3.8) is 0 Å². The monoisotopic (exact) mass is 246 g/mol. The summed E-state index contributed by atoms with van der Waals surface area (Å²) in [6.45, 7) is 3.26. The van der Waals surface area contributed by atoms with Gasteiger partial charge in [-0.1, -0.05) is 30.3 Å².